The third-order valence-corrected chi connectivity index (χ3v) is 29.5. The lowest BCUT2D eigenvalue weighted by Crippen LogP contribution is -2.24. The Kier molecular flexibility index (Phi) is 28.6. The van der Waals surface area contributed by atoms with Crippen LogP contribution in [0, 0.1) is 0 Å². The van der Waals surface area contributed by atoms with Gasteiger partial charge in [-0.15, -0.1) is 0 Å². The van der Waals surface area contributed by atoms with E-state index in [1.54, 1.807) is 0 Å². The Labute approximate surface area is 750 Å². The van der Waals surface area contributed by atoms with Crippen LogP contribution in [0.3, 0.4) is 0 Å². The van der Waals surface area contributed by atoms with Gasteiger partial charge in [-0.3, -0.25) is 0 Å². The molecule has 0 bridgehead atoms. The number of hydrogen-bond donors (Lipinski definition) is 0. The zero-order valence-corrected chi connectivity index (χ0v) is 75.0. The molecule has 0 unspecified atom stereocenters. The van der Waals surface area contributed by atoms with Crippen LogP contribution in [-0.2, 0) is 16.2 Å². The van der Waals surface area contributed by atoms with Gasteiger partial charge in [-0.2, -0.15) is 0 Å². The summed E-state index contributed by atoms with van der Waals surface area (Å²) < 4.78 is 0. The van der Waals surface area contributed by atoms with Crippen molar-refractivity contribution in [2.75, 3.05) is 9.80 Å². The van der Waals surface area contributed by atoms with Crippen LogP contribution in [0.25, 0.3) is 72.9 Å². The third-order valence-electron chi connectivity index (χ3n) is 29.5. The van der Waals surface area contributed by atoms with Crippen LogP contribution in [-0.4, -0.2) is 0 Å². The molecule has 0 atom stereocenters. The van der Waals surface area contributed by atoms with E-state index < -0.39 is 0 Å². The molecule has 12 aromatic rings. The molecule has 125 heavy (non-hydrogen) atoms. The largest absolute Gasteiger partial charge is 0.311 e. The Morgan fingerprint density at radius 1 is 0.168 bits per heavy atom. The summed E-state index contributed by atoms with van der Waals surface area (Å²) in [4.78, 5) is 4.74. The minimum absolute atomic E-state index is 0.329. The van der Waals surface area contributed by atoms with Crippen molar-refractivity contribution in [3.05, 3.63) is 391 Å². The van der Waals surface area contributed by atoms with Crippen LogP contribution in [0.5, 0.6) is 0 Å². The van der Waals surface area contributed by atoms with E-state index in [4.69, 9.17) is 0 Å². The molecule has 6 saturated carbocycles. The molecule has 0 aromatic heterocycles. The minimum atomic E-state index is 0.329. The first-order valence-corrected chi connectivity index (χ1v) is 48.3. The highest BCUT2D eigenvalue weighted by molar-refractivity contribution is 5.84. The molecule has 0 spiro atoms. The average molecular weight is 1640 g/mol. The highest BCUT2D eigenvalue weighted by atomic mass is 15.1. The van der Waals surface area contributed by atoms with Gasteiger partial charge in [0.05, 0.1) is 0 Å². The molecule has 0 saturated heterocycles. The average Bonchev–Trinajstić information content (AvgIpc) is 0.806. The highest BCUT2D eigenvalue weighted by Gasteiger charge is 2.32. The topological polar surface area (TPSA) is 6.48 Å². The van der Waals surface area contributed by atoms with Gasteiger partial charge in [-0.25, -0.2) is 0 Å². The van der Waals surface area contributed by atoms with Crippen molar-refractivity contribution in [1.29, 1.82) is 0 Å². The van der Waals surface area contributed by atoms with E-state index >= 15 is 0 Å². The van der Waals surface area contributed by atoms with Crippen LogP contribution in [0.15, 0.2) is 291 Å². The predicted octanol–water partition coefficient (Wildman–Crippen LogP) is 36.1. The molecule has 0 aliphatic heterocycles. The van der Waals surface area contributed by atoms with Crippen LogP contribution in [0.2, 0.25) is 0 Å². The Morgan fingerprint density at radius 2 is 0.304 bits per heavy atom. The maximum atomic E-state index is 2.45. The lowest BCUT2D eigenvalue weighted by atomic mass is 9.71. The molecule has 2 nitrogen and oxygen atoms in total. The molecule has 2 heteroatoms. The molecule has 0 radical (unpaired) electrons. The molecule has 12 aromatic carbocycles. The monoisotopic (exact) mass is 1640 g/mol. The zero-order chi connectivity index (χ0) is 84.9. The van der Waals surface area contributed by atoms with Gasteiger partial charge >= 0.3 is 0 Å². The summed E-state index contributed by atoms with van der Waals surface area (Å²) >= 11 is 0. The molecule has 0 amide bonds. The summed E-state index contributed by atoms with van der Waals surface area (Å²) in [7, 11) is 0. The first-order valence-electron chi connectivity index (χ1n) is 48.3. The standard InChI is InChI=1S/C63H69N.C60H63N/c1-61(43-7-4-8-44-61)55-31-19-49(20-32-55)13-16-52-25-37-58(38-26-52)64(59-39-27-53(28-40-59)17-14-50-21-33-56(34-22-50)62(2)45-9-5-10-46-62)60-41-29-54(30-42-60)18-15-51-23-35-57(36-24-51)63(3)47-11-6-12-48-63;1-4-10-52(11-5-1)55-34-22-46(23-35-55)16-19-49-28-40-58(41-29-49)61(59-42-30-50(31-43-59)20-17-47-24-36-56(37-25-47)53-12-6-2-7-13-53)60-44-32-51(33-45-60)21-18-48-26-38-57(39-27-48)54-14-8-3-9-15-54/h13-42H,4-12,43-48H2,1-3H3;16-45,52-54H,1-15H2/b16-13+,17-14+,18-15+;19-16+,20-17+,21-18+. The SMILES string of the molecule is C(=C\c1ccc(N(c2ccc(/C=C/c3ccc(C4CCCCC4)cc3)cc2)c2ccc(/C=C/c3ccc(C4CCCCC4)cc3)cc2)cc1)/c1ccc(C2CCCCC2)cc1.CC1(c2ccc(/C=C/c3ccc(N(c4ccc(/C=C/c5ccc(C6(C)CCCCC6)cc5)cc4)c4ccc(/C=C/c5ccc(C6(C)CCCCC6)cc5)cc4)cc3)cc2)CCCCC1. The van der Waals surface area contributed by atoms with Crippen molar-refractivity contribution in [3.63, 3.8) is 0 Å². The van der Waals surface area contributed by atoms with Crippen molar-refractivity contribution in [3.8, 4) is 0 Å². The van der Waals surface area contributed by atoms with Gasteiger partial charge in [-0.1, -0.05) is 428 Å². The first kappa shape index (κ1) is 85.8. The lowest BCUT2D eigenvalue weighted by molar-refractivity contribution is 0.319. The van der Waals surface area contributed by atoms with Gasteiger partial charge in [0.15, 0.2) is 0 Å². The van der Waals surface area contributed by atoms with Crippen LogP contribution in [0.4, 0.5) is 34.1 Å². The summed E-state index contributed by atoms with van der Waals surface area (Å²) in [5, 5.41) is 0. The summed E-state index contributed by atoms with van der Waals surface area (Å²) in [6.07, 6.45) is 67.4. The van der Waals surface area contributed by atoms with Crippen molar-refractivity contribution in [2.24, 2.45) is 0 Å². The lowest BCUT2D eigenvalue weighted by Gasteiger charge is -2.34. The normalized spacial score (nSPS) is 17.8. The van der Waals surface area contributed by atoms with Crippen LogP contribution < -0.4 is 9.80 Å². The summed E-state index contributed by atoms with van der Waals surface area (Å²) in [6, 6.07) is 110. The molecule has 634 valence electrons. The van der Waals surface area contributed by atoms with E-state index in [1.165, 1.54) is 293 Å². The fraction of sp³-hybridized carbons (Fsp3) is 0.317. The highest BCUT2D eigenvalue weighted by Crippen LogP contribution is 2.45. The van der Waals surface area contributed by atoms with E-state index in [0.29, 0.717) is 16.2 Å². The second-order valence-electron chi connectivity index (χ2n) is 38.5. The van der Waals surface area contributed by atoms with E-state index in [1.807, 2.05) is 0 Å². The number of hydrogen-bond acceptors (Lipinski definition) is 2. The van der Waals surface area contributed by atoms with Crippen LogP contribution >= 0.6 is 0 Å². The van der Waals surface area contributed by atoms with Crippen molar-refractivity contribution >= 4 is 107 Å². The Bertz CT molecular complexity index is 4980. The van der Waals surface area contributed by atoms with Crippen LogP contribution in [0.1, 0.15) is 331 Å². The van der Waals surface area contributed by atoms with Gasteiger partial charge in [0.25, 0.3) is 0 Å². The quantitative estimate of drug-likeness (QED) is 0.0557. The van der Waals surface area contributed by atoms with Gasteiger partial charge in [0.2, 0.25) is 0 Å². The predicted molar refractivity (Wildman–Crippen MR) is 543 cm³/mol. The van der Waals surface area contributed by atoms with Gasteiger partial charge in [0.1, 0.15) is 0 Å². The van der Waals surface area contributed by atoms with Gasteiger partial charge in [0, 0.05) is 34.1 Å². The van der Waals surface area contributed by atoms with Gasteiger partial charge < -0.3 is 9.80 Å². The van der Waals surface area contributed by atoms with Gasteiger partial charge in [-0.05, 0) is 284 Å². The molecule has 0 N–H and O–H groups in total. The molecule has 6 aliphatic carbocycles. The number of rotatable bonds is 24. The molecule has 18 rings (SSSR count). The summed E-state index contributed by atoms with van der Waals surface area (Å²) in [5.74, 6) is 2.22. The van der Waals surface area contributed by atoms with Crippen molar-refractivity contribution < 1.29 is 0 Å². The maximum Gasteiger partial charge on any atom is 0.0462 e. The summed E-state index contributed by atoms with van der Waals surface area (Å²) in [5.41, 5.74) is 31.4. The van der Waals surface area contributed by atoms with Crippen molar-refractivity contribution in [2.45, 2.75) is 247 Å². The molecule has 6 aliphatic rings. The molecular weight excluding hydrogens is 1510 g/mol. The Morgan fingerprint density at radius 3 is 0.464 bits per heavy atom. The third kappa shape index (κ3) is 22.7. The summed E-state index contributed by atoms with van der Waals surface area (Å²) in [6.45, 7) is 7.36. The molecule has 0 heterocycles. The first-order chi connectivity index (χ1) is 61.4. The molecule has 6 fully saturated rings. The Balaban J connectivity index is 0.000000177. The smallest absolute Gasteiger partial charge is 0.0462 e. The second-order valence-corrected chi connectivity index (χ2v) is 38.5. The minimum Gasteiger partial charge on any atom is -0.311 e. The maximum absolute atomic E-state index is 2.45. The number of anilines is 6. The van der Waals surface area contributed by atoms with Crippen molar-refractivity contribution in [1.82, 2.24) is 0 Å². The fourth-order valence-corrected chi connectivity index (χ4v) is 21.3. The molecular formula is C123H132N2. The van der Waals surface area contributed by atoms with E-state index in [-0.39, 0.29) is 0 Å². The second kappa shape index (κ2) is 41.7. The number of nitrogens with zero attached hydrogens (tertiary/aromatic N) is 2. The number of benzene rings is 12. The van der Waals surface area contributed by atoms with E-state index in [0.717, 1.165) is 51.9 Å². The van der Waals surface area contributed by atoms with E-state index in [9.17, 15) is 0 Å². The zero-order valence-electron chi connectivity index (χ0n) is 75.0. The Hall–Kier alpha value is -11.3. The fourth-order valence-electron chi connectivity index (χ4n) is 21.3. The van der Waals surface area contributed by atoms with E-state index in [2.05, 4.69) is 395 Å².